The van der Waals surface area contributed by atoms with Crippen molar-refractivity contribution in [3.8, 4) is 0 Å². The third kappa shape index (κ3) is 2.19. The fourth-order valence-corrected chi connectivity index (χ4v) is 4.99. The quantitative estimate of drug-likeness (QED) is 0.629. The summed E-state index contributed by atoms with van der Waals surface area (Å²) in [6.45, 7) is 1.02. The van der Waals surface area contributed by atoms with Crippen molar-refractivity contribution in [1.82, 2.24) is 4.31 Å². The van der Waals surface area contributed by atoms with Crippen LogP contribution in [0.1, 0.15) is 25.7 Å². The molecule has 1 unspecified atom stereocenters. The van der Waals surface area contributed by atoms with Crippen molar-refractivity contribution in [1.29, 1.82) is 0 Å². The van der Waals surface area contributed by atoms with E-state index in [0.29, 0.717) is 5.41 Å². The lowest BCUT2D eigenvalue weighted by Gasteiger charge is -2.37. The molecule has 98 valence electrons. The minimum absolute atomic E-state index is 0.0672. The Morgan fingerprint density at radius 1 is 1.61 bits per heavy atom. The van der Waals surface area contributed by atoms with Gasteiger partial charge < -0.3 is 4.74 Å². The normalized spacial score (nSPS) is 26.2. The highest BCUT2D eigenvalue weighted by atomic mass is 32.2. The number of methoxy groups -OCH3 is 1. The van der Waals surface area contributed by atoms with E-state index in [4.69, 9.17) is 4.74 Å². The topological polar surface area (TPSA) is 29.5 Å². The van der Waals surface area contributed by atoms with Gasteiger partial charge in [-0.2, -0.15) is 0 Å². The highest BCUT2D eigenvalue weighted by Gasteiger charge is 2.50. The maximum atomic E-state index is 11.9. The summed E-state index contributed by atoms with van der Waals surface area (Å²) in [4.78, 5) is 11.9. The molecular weight excluding hydrogens is 266 g/mol. The van der Waals surface area contributed by atoms with Crippen LogP contribution in [0.15, 0.2) is 21.7 Å². The Morgan fingerprint density at radius 2 is 2.44 bits per heavy atom. The third-order valence-electron chi connectivity index (χ3n) is 4.06. The van der Waals surface area contributed by atoms with E-state index in [1.54, 1.807) is 23.3 Å². The van der Waals surface area contributed by atoms with Crippen LogP contribution in [0.4, 0.5) is 0 Å². The van der Waals surface area contributed by atoms with Gasteiger partial charge in [0.15, 0.2) is 0 Å². The third-order valence-corrected chi connectivity index (χ3v) is 6.16. The van der Waals surface area contributed by atoms with E-state index in [-0.39, 0.29) is 12.0 Å². The second kappa shape index (κ2) is 4.87. The van der Waals surface area contributed by atoms with Gasteiger partial charge in [-0.25, -0.2) is 4.31 Å². The molecule has 0 radical (unpaired) electrons. The Hall–Kier alpha value is -0.520. The minimum atomic E-state index is -0.0807. The summed E-state index contributed by atoms with van der Waals surface area (Å²) in [7, 11) is 1.49. The molecule has 1 aliphatic carbocycles. The van der Waals surface area contributed by atoms with Crippen LogP contribution in [0.5, 0.6) is 0 Å². The number of nitrogens with zero attached hydrogens (tertiary/aromatic N) is 1. The second-order valence-electron chi connectivity index (χ2n) is 5.20. The number of rotatable bonds is 3. The van der Waals surface area contributed by atoms with Gasteiger partial charge in [-0.3, -0.25) is 4.79 Å². The molecule has 0 aromatic carbocycles. The average molecular weight is 283 g/mol. The standard InChI is InChI=1S/C13H17NO2S2/c1-16-12(15)10-8-13(5-3-6-13)9-14(10)18-11-4-2-7-17-11/h2,4,7,10H,3,5-6,8-9H2,1H3. The Morgan fingerprint density at radius 3 is 3.00 bits per heavy atom. The zero-order valence-electron chi connectivity index (χ0n) is 10.4. The van der Waals surface area contributed by atoms with Crippen molar-refractivity contribution in [2.75, 3.05) is 13.7 Å². The van der Waals surface area contributed by atoms with E-state index >= 15 is 0 Å². The number of hydrogen-bond donors (Lipinski definition) is 0. The van der Waals surface area contributed by atoms with Gasteiger partial charge in [-0.15, -0.1) is 11.3 Å². The van der Waals surface area contributed by atoms with Crippen LogP contribution in [0, 0.1) is 5.41 Å². The predicted octanol–water partition coefficient (Wildman–Crippen LogP) is 3.17. The smallest absolute Gasteiger partial charge is 0.324 e. The first-order chi connectivity index (χ1) is 8.72. The van der Waals surface area contributed by atoms with Crippen molar-refractivity contribution in [2.24, 2.45) is 5.41 Å². The van der Waals surface area contributed by atoms with Gasteiger partial charge >= 0.3 is 5.97 Å². The summed E-state index contributed by atoms with van der Waals surface area (Å²) < 4.78 is 8.44. The van der Waals surface area contributed by atoms with Crippen molar-refractivity contribution in [3.63, 3.8) is 0 Å². The lowest BCUT2D eigenvalue weighted by Crippen LogP contribution is -2.32. The maximum absolute atomic E-state index is 11.9. The summed E-state index contributed by atoms with van der Waals surface area (Å²) >= 11 is 3.44. The van der Waals surface area contributed by atoms with E-state index in [2.05, 4.69) is 21.8 Å². The summed E-state index contributed by atoms with van der Waals surface area (Å²) in [5.74, 6) is -0.0807. The van der Waals surface area contributed by atoms with Crippen molar-refractivity contribution in [2.45, 2.75) is 35.9 Å². The monoisotopic (exact) mass is 283 g/mol. The number of esters is 1. The molecule has 1 aliphatic heterocycles. The highest BCUT2D eigenvalue weighted by molar-refractivity contribution is 7.99. The Bertz CT molecular complexity index is 428. The van der Waals surface area contributed by atoms with Crippen molar-refractivity contribution < 1.29 is 9.53 Å². The number of carbonyl (C=O) groups is 1. The number of carbonyl (C=O) groups excluding carboxylic acids is 1. The van der Waals surface area contributed by atoms with Gasteiger partial charge in [-0.05, 0) is 48.1 Å². The first-order valence-electron chi connectivity index (χ1n) is 6.28. The molecule has 1 aromatic heterocycles. The van der Waals surface area contributed by atoms with E-state index in [9.17, 15) is 4.79 Å². The predicted molar refractivity (Wildman–Crippen MR) is 73.6 cm³/mol. The number of hydrogen-bond acceptors (Lipinski definition) is 5. The van der Waals surface area contributed by atoms with Gasteiger partial charge in [0.2, 0.25) is 0 Å². The van der Waals surface area contributed by atoms with Crippen LogP contribution in [0.2, 0.25) is 0 Å². The Kier molecular flexibility index (Phi) is 3.38. The molecule has 3 nitrogen and oxygen atoms in total. The van der Waals surface area contributed by atoms with Gasteiger partial charge in [0.1, 0.15) is 6.04 Å². The molecule has 2 heterocycles. The van der Waals surface area contributed by atoms with E-state index < -0.39 is 0 Å². The molecule has 3 rings (SSSR count). The van der Waals surface area contributed by atoms with E-state index in [1.165, 1.54) is 30.6 Å². The van der Waals surface area contributed by atoms with Crippen LogP contribution < -0.4 is 0 Å². The number of ether oxygens (including phenoxy) is 1. The van der Waals surface area contributed by atoms with Gasteiger partial charge in [0.05, 0.1) is 11.3 Å². The van der Waals surface area contributed by atoms with Crippen LogP contribution in [0.25, 0.3) is 0 Å². The molecule has 18 heavy (non-hydrogen) atoms. The van der Waals surface area contributed by atoms with Gasteiger partial charge in [-0.1, -0.05) is 12.5 Å². The number of thiophene rings is 1. The molecule has 5 heteroatoms. The van der Waals surface area contributed by atoms with Gasteiger partial charge in [0, 0.05) is 6.54 Å². The molecule has 2 fully saturated rings. The van der Waals surface area contributed by atoms with Crippen LogP contribution in [-0.2, 0) is 9.53 Å². The van der Waals surface area contributed by atoms with E-state index in [1.807, 2.05) is 0 Å². The summed E-state index contributed by atoms with van der Waals surface area (Å²) in [6.07, 6.45) is 4.81. The lowest BCUT2D eigenvalue weighted by atomic mass is 9.67. The lowest BCUT2D eigenvalue weighted by molar-refractivity contribution is -0.144. The fourth-order valence-electron chi connectivity index (χ4n) is 2.92. The molecule has 1 spiro atoms. The van der Waals surface area contributed by atoms with Crippen LogP contribution >= 0.6 is 23.3 Å². The first kappa shape index (κ1) is 12.5. The Labute approximate surface area is 116 Å². The highest BCUT2D eigenvalue weighted by Crippen LogP contribution is 2.53. The summed E-state index contributed by atoms with van der Waals surface area (Å²) in [5, 5.41) is 2.07. The van der Waals surface area contributed by atoms with Crippen molar-refractivity contribution >= 4 is 29.3 Å². The van der Waals surface area contributed by atoms with Crippen LogP contribution in [-0.4, -0.2) is 30.0 Å². The molecule has 0 bridgehead atoms. The molecule has 1 saturated heterocycles. The van der Waals surface area contributed by atoms with E-state index in [0.717, 1.165) is 13.0 Å². The summed E-state index contributed by atoms with van der Waals surface area (Å²) in [5.41, 5.74) is 0.392. The average Bonchev–Trinajstić information content (AvgIpc) is 2.95. The first-order valence-corrected chi connectivity index (χ1v) is 7.94. The maximum Gasteiger partial charge on any atom is 0.324 e. The molecule has 1 aromatic rings. The molecule has 2 aliphatic rings. The summed E-state index contributed by atoms with van der Waals surface area (Å²) in [6, 6.07) is 4.09. The zero-order valence-corrected chi connectivity index (χ0v) is 12.1. The molecule has 0 N–H and O–H groups in total. The van der Waals surface area contributed by atoms with Gasteiger partial charge in [0.25, 0.3) is 0 Å². The zero-order chi connectivity index (χ0) is 12.6. The van der Waals surface area contributed by atoms with Crippen molar-refractivity contribution in [3.05, 3.63) is 17.5 Å². The molecular formula is C13H17NO2S2. The molecule has 1 saturated carbocycles. The fraction of sp³-hybridized carbons (Fsp3) is 0.615. The van der Waals surface area contributed by atoms with Crippen LogP contribution in [0.3, 0.4) is 0 Å². The largest absolute Gasteiger partial charge is 0.468 e. The SMILES string of the molecule is COC(=O)C1CC2(CCC2)CN1Sc1cccs1. The molecule has 1 atom stereocenters. The minimum Gasteiger partial charge on any atom is -0.468 e. The second-order valence-corrected chi connectivity index (χ2v) is 7.49. The Balaban J connectivity index is 1.75. The molecule has 0 amide bonds.